The van der Waals surface area contributed by atoms with Crippen molar-refractivity contribution in [3.8, 4) is 0 Å². The highest BCUT2D eigenvalue weighted by atomic mass is 79.9. The number of aromatic nitrogens is 2. The molecule has 1 spiro atoms. The number of likely N-dealkylation sites (N-methyl/N-ethyl adjacent to an activating group) is 1. The van der Waals surface area contributed by atoms with Crippen molar-refractivity contribution in [2.45, 2.75) is 37.7 Å². The smallest absolute Gasteiger partial charge is 0.270 e. The van der Waals surface area contributed by atoms with Crippen LogP contribution in [0.5, 0.6) is 0 Å². The Hall–Kier alpha value is -2.42. The molecular weight excluding hydrogens is 448 g/mol. The average molecular weight is 469 g/mol. The summed E-state index contributed by atoms with van der Waals surface area (Å²) in [6.45, 7) is 1.43. The van der Waals surface area contributed by atoms with Crippen LogP contribution in [0.4, 0.5) is 5.82 Å². The monoisotopic (exact) mass is 468 g/mol. The van der Waals surface area contributed by atoms with Gasteiger partial charge in [-0.05, 0) is 42.2 Å². The van der Waals surface area contributed by atoms with Crippen molar-refractivity contribution in [3.63, 3.8) is 0 Å². The molecule has 7 nitrogen and oxygen atoms in total. The first-order valence-corrected chi connectivity index (χ1v) is 10.8. The van der Waals surface area contributed by atoms with Gasteiger partial charge in [0, 0.05) is 22.6 Å². The average Bonchev–Trinajstić information content (AvgIpc) is 3.14. The number of rotatable bonds is 2. The maximum Gasteiger partial charge on any atom is 0.270 e. The lowest BCUT2D eigenvalue weighted by atomic mass is 9.92. The van der Waals surface area contributed by atoms with Crippen molar-refractivity contribution in [1.82, 2.24) is 14.9 Å². The van der Waals surface area contributed by atoms with Crippen molar-refractivity contribution < 1.29 is 14.3 Å². The SMILES string of the molecule is CN(C(=O)c1cc2nc(N)c3c(c2[nH]1)COC3)[C@@H]1COC2(CC2)c2cc(Br)ccc21. The number of anilines is 1. The van der Waals surface area contributed by atoms with Gasteiger partial charge in [0.25, 0.3) is 5.91 Å². The number of nitrogens with two attached hydrogens (primary N) is 1. The minimum atomic E-state index is -0.164. The van der Waals surface area contributed by atoms with E-state index in [1.54, 1.807) is 11.0 Å². The van der Waals surface area contributed by atoms with Gasteiger partial charge in [-0.15, -0.1) is 0 Å². The van der Waals surface area contributed by atoms with Crippen LogP contribution in [0.15, 0.2) is 28.7 Å². The molecule has 1 aromatic carbocycles. The number of hydrogen-bond donors (Lipinski definition) is 2. The number of pyridine rings is 1. The molecule has 3 aromatic rings. The second kappa shape index (κ2) is 6.29. The van der Waals surface area contributed by atoms with Gasteiger partial charge in [0.1, 0.15) is 11.5 Å². The van der Waals surface area contributed by atoms with Crippen molar-refractivity contribution in [1.29, 1.82) is 0 Å². The molecule has 1 atom stereocenters. The largest absolute Gasteiger partial charge is 0.383 e. The molecule has 6 rings (SSSR count). The van der Waals surface area contributed by atoms with Gasteiger partial charge in [0.05, 0.1) is 42.5 Å². The zero-order valence-corrected chi connectivity index (χ0v) is 18.1. The number of benzene rings is 1. The van der Waals surface area contributed by atoms with E-state index >= 15 is 0 Å². The Morgan fingerprint density at radius 3 is 2.90 bits per heavy atom. The zero-order chi connectivity index (χ0) is 20.6. The Bertz CT molecular complexity index is 1220. The maximum atomic E-state index is 13.4. The second-order valence-corrected chi connectivity index (χ2v) is 9.27. The molecule has 0 radical (unpaired) electrons. The number of amides is 1. The molecule has 2 aliphatic heterocycles. The third kappa shape index (κ3) is 2.57. The molecule has 3 N–H and O–H groups in total. The quantitative estimate of drug-likeness (QED) is 0.596. The number of carbonyl (C=O) groups is 1. The predicted molar refractivity (Wildman–Crippen MR) is 115 cm³/mol. The summed E-state index contributed by atoms with van der Waals surface area (Å²) in [4.78, 5) is 22.9. The van der Waals surface area contributed by atoms with E-state index in [1.807, 2.05) is 13.1 Å². The van der Waals surface area contributed by atoms with E-state index in [1.165, 1.54) is 5.56 Å². The fourth-order valence-electron chi connectivity index (χ4n) is 4.75. The predicted octanol–water partition coefficient (Wildman–Crippen LogP) is 3.77. The topological polar surface area (TPSA) is 93.5 Å². The molecule has 1 saturated carbocycles. The molecule has 4 heterocycles. The molecule has 1 amide bonds. The first-order chi connectivity index (χ1) is 14.5. The van der Waals surface area contributed by atoms with Crippen LogP contribution in [0.2, 0.25) is 0 Å². The van der Waals surface area contributed by atoms with Crippen LogP contribution in [0.25, 0.3) is 11.0 Å². The lowest BCUT2D eigenvalue weighted by Gasteiger charge is -2.37. The van der Waals surface area contributed by atoms with Gasteiger partial charge in [-0.25, -0.2) is 4.98 Å². The molecule has 30 heavy (non-hydrogen) atoms. The van der Waals surface area contributed by atoms with Crippen molar-refractivity contribution in [2.24, 2.45) is 0 Å². The van der Waals surface area contributed by atoms with Gasteiger partial charge in [-0.1, -0.05) is 22.0 Å². The van der Waals surface area contributed by atoms with Gasteiger partial charge in [0.15, 0.2) is 0 Å². The Kier molecular flexibility index (Phi) is 3.85. The number of fused-ring (bicyclic) bond motifs is 5. The lowest BCUT2D eigenvalue weighted by molar-refractivity contribution is -0.0208. The van der Waals surface area contributed by atoms with Gasteiger partial charge in [-0.2, -0.15) is 0 Å². The van der Waals surface area contributed by atoms with Gasteiger partial charge in [0.2, 0.25) is 0 Å². The standard InChI is InChI=1S/C22H21BrN4O3/c1-27(18-10-30-22(4-5-22)15-6-11(23)2-3-12(15)18)21(28)17-7-16-19(25-17)13-8-29-9-14(13)20(24)26-16/h2-3,6-7,18,25H,4-5,8-10H2,1H3,(H2,24,26)/t18-/m1/s1. The Morgan fingerprint density at radius 1 is 1.30 bits per heavy atom. The summed E-state index contributed by atoms with van der Waals surface area (Å²) in [6, 6.07) is 7.90. The summed E-state index contributed by atoms with van der Waals surface area (Å²) < 4.78 is 12.8. The minimum absolute atomic E-state index is 0.103. The van der Waals surface area contributed by atoms with Crippen molar-refractivity contribution in [2.75, 3.05) is 19.4 Å². The summed E-state index contributed by atoms with van der Waals surface area (Å²) in [5.41, 5.74) is 12.2. The highest BCUT2D eigenvalue weighted by molar-refractivity contribution is 9.10. The van der Waals surface area contributed by atoms with E-state index < -0.39 is 0 Å². The van der Waals surface area contributed by atoms with E-state index in [0.717, 1.165) is 39.5 Å². The van der Waals surface area contributed by atoms with Crippen molar-refractivity contribution >= 4 is 38.7 Å². The molecule has 0 saturated heterocycles. The Balaban J connectivity index is 1.37. The number of nitrogen functional groups attached to an aromatic ring is 1. The summed E-state index contributed by atoms with van der Waals surface area (Å²) in [5, 5.41) is 0. The maximum absolute atomic E-state index is 13.4. The number of nitrogens with one attached hydrogen (secondary N) is 1. The number of ether oxygens (including phenoxy) is 2. The van der Waals surface area contributed by atoms with Crippen LogP contribution in [0.1, 0.15) is 51.6 Å². The van der Waals surface area contributed by atoms with E-state index in [0.29, 0.717) is 36.8 Å². The molecule has 154 valence electrons. The first kappa shape index (κ1) is 18.4. The first-order valence-electron chi connectivity index (χ1n) is 10.1. The number of H-pyrrole nitrogens is 1. The third-order valence-corrected chi connectivity index (χ3v) is 7.10. The molecule has 1 fully saturated rings. The van der Waals surface area contributed by atoms with Crippen LogP contribution < -0.4 is 5.73 Å². The van der Waals surface area contributed by atoms with Crippen LogP contribution in [-0.2, 0) is 28.3 Å². The number of hydrogen-bond acceptors (Lipinski definition) is 5. The third-order valence-electron chi connectivity index (χ3n) is 6.61. The fourth-order valence-corrected chi connectivity index (χ4v) is 5.12. The molecular formula is C22H21BrN4O3. The van der Waals surface area contributed by atoms with Gasteiger partial charge in [-0.3, -0.25) is 4.79 Å². The summed E-state index contributed by atoms with van der Waals surface area (Å²) in [5.74, 6) is 0.365. The number of nitrogens with zero attached hydrogens (tertiary/aromatic N) is 2. The minimum Gasteiger partial charge on any atom is -0.383 e. The van der Waals surface area contributed by atoms with Crippen molar-refractivity contribution in [3.05, 3.63) is 56.7 Å². The summed E-state index contributed by atoms with van der Waals surface area (Å²) >= 11 is 3.57. The Labute approximate surface area is 181 Å². The van der Waals surface area contributed by atoms with Gasteiger partial charge >= 0.3 is 0 Å². The highest BCUT2D eigenvalue weighted by Crippen LogP contribution is 2.55. The molecule has 0 bridgehead atoms. The molecule has 1 aliphatic carbocycles. The lowest BCUT2D eigenvalue weighted by Crippen LogP contribution is -2.39. The van der Waals surface area contributed by atoms with Crippen LogP contribution in [0, 0.1) is 0 Å². The molecule has 8 heteroatoms. The number of carbonyl (C=O) groups excluding carboxylic acids is 1. The van der Waals surface area contributed by atoms with E-state index in [-0.39, 0.29) is 17.6 Å². The van der Waals surface area contributed by atoms with Crippen LogP contribution in [0.3, 0.4) is 0 Å². The fraction of sp³-hybridized carbons (Fsp3) is 0.364. The summed E-state index contributed by atoms with van der Waals surface area (Å²) in [7, 11) is 1.83. The van der Waals surface area contributed by atoms with Gasteiger partial charge < -0.3 is 25.1 Å². The number of halogens is 1. The summed E-state index contributed by atoms with van der Waals surface area (Å²) in [6.07, 6.45) is 2.06. The molecule has 2 aromatic heterocycles. The zero-order valence-electron chi connectivity index (χ0n) is 16.5. The Morgan fingerprint density at radius 2 is 2.10 bits per heavy atom. The molecule has 0 unspecified atom stereocenters. The van der Waals surface area contributed by atoms with Crippen LogP contribution >= 0.6 is 15.9 Å². The second-order valence-electron chi connectivity index (χ2n) is 8.36. The van der Waals surface area contributed by atoms with E-state index in [9.17, 15) is 4.79 Å². The highest BCUT2D eigenvalue weighted by Gasteiger charge is 2.51. The van der Waals surface area contributed by atoms with E-state index in [2.05, 4.69) is 38.0 Å². The molecule has 3 aliphatic rings. The van der Waals surface area contributed by atoms with E-state index in [4.69, 9.17) is 15.2 Å². The van der Waals surface area contributed by atoms with Crippen LogP contribution in [-0.4, -0.2) is 34.4 Å². The number of aromatic amines is 1. The normalized spacial score (nSPS) is 20.9.